The maximum absolute atomic E-state index is 12.5. The molecule has 1 amide bonds. The van der Waals surface area contributed by atoms with Crippen molar-refractivity contribution >= 4 is 11.9 Å². The van der Waals surface area contributed by atoms with Crippen molar-refractivity contribution in [2.75, 3.05) is 26.6 Å². The van der Waals surface area contributed by atoms with Crippen LogP contribution < -0.4 is 25.3 Å². The standard InChI is InChI=1S/C22H23N5O5/c1-11-18(20(23)29)19(14-9-16(31-3)17(32-4)10-15(14)30-2)27-22(24-11)25-21(26-27)12-5-7-13(28)8-6-12/h5-10,19,28H,1-4H3,(H2,23,29)(H,24,25,26). The van der Waals surface area contributed by atoms with Gasteiger partial charge in [-0.05, 0) is 37.3 Å². The van der Waals surface area contributed by atoms with E-state index in [0.29, 0.717) is 51.4 Å². The van der Waals surface area contributed by atoms with E-state index in [0.717, 1.165) is 0 Å². The molecule has 10 heteroatoms. The Morgan fingerprint density at radius 2 is 1.69 bits per heavy atom. The van der Waals surface area contributed by atoms with Gasteiger partial charge in [-0.1, -0.05) is 0 Å². The van der Waals surface area contributed by atoms with Crippen LogP contribution in [0.5, 0.6) is 23.0 Å². The summed E-state index contributed by atoms with van der Waals surface area (Å²) in [5.41, 5.74) is 7.93. The Labute approximate surface area is 184 Å². The highest BCUT2D eigenvalue weighted by Crippen LogP contribution is 2.44. The first kappa shape index (κ1) is 21.0. The lowest BCUT2D eigenvalue weighted by Gasteiger charge is -2.29. The third-order valence-electron chi connectivity index (χ3n) is 5.27. The summed E-state index contributed by atoms with van der Waals surface area (Å²) in [5.74, 6) is 1.78. The number of primary amides is 1. The van der Waals surface area contributed by atoms with Gasteiger partial charge in [-0.2, -0.15) is 4.98 Å². The van der Waals surface area contributed by atoms with Crippen LogP contribution in [0.25, 0.3) is 11.4 Å². The van der Waals surface area contributed by atoms with Gasteiger partial charge in [0.1, 0.15) is 17.5 Å². The van der Waals surface area contributed by atoms with E-state index in [-0.39, 0.29) is 5.75 Å². The number of anilines is 1. The number of ether oxygens (including phenoxy) is 3. The Hall–Kier alpha value is -4.21. The molecule has 3 aromatic rings. The average Bonchev–Trinajstić information content (AvgIpc) is 3.20. The van der Waals surface area contributed by atoms with Gasteiger partial charge >= 0.3 is 0 Å². The molecule has 0 spiro atoms. The molecule has 32 heavy (non-hydrogen) atoms. The minimum Gasteiger partial charge on any atom is -0.508 e. The summed E-state index contributed by atoms with van der Waals surface area (Å²) in [7, 11) is 4.58. The Balaban J connectivity index is 1.94. The summed E-state index contributed by atoms with van der Waals surface area (Å²) in [4.78, 5) is 17.1. The fourth-order valence-corrected chi connectivity index (χ4v) is 3.76. The first-order valence-corrected chi connectivity index (χ1v) is 9.71. The van der Waals surface area contributed by atoms with Crippen LogP contribution in [0.15, 0.2) is 47.7 Å². The highest BCUT2D eigenvalue weighted by Gasteiger charge is 2.36. The van der Waals surface area contributed by atoms with Crippen molar-refractivity contribution in [3.63, 3.8) is 0 Å². The number of nitrogens with zero attached hydrogens (tertiary/aromatic N) is 3. The zero-order chi connectivity index (χ0) is 23.0. The number of amides is 1. The van der Waals surface area contributed by atoms with Gasteiger partial charge in [-0.3, -0.25) is 4.79 Å². The van der Waals surface area contributed by atoms with Crippen LogP contribution in [0.1, 0.15) is 18.5 Å². The number of hydrogen-bond acceptors (Lipinski definition) is 8. The molecule has 0 bridgehead atoms. The zero-order valence-corrected chi connectivity index (χ0v) is 18.0. The van der Waals surface area contributed by atoms with E-state index >= 15 is 0 Å². The molecule has 1 aromatic heterocycles. The van der Waals surface area contributed by atoms with Gasteiger partial charge in [0.15, 0.2) is 17.3 Å². The zero-order valence-electron chi connectivity index (χ0n) is 18.0. The van der Waals surface area contributed by atoms with E-state index in [4.69, 9.17) is 19.9 Å². The Morgan fingerprint density at radius 1 is 1.06 bits per heavy atom. The van der Waals surface area contributed by atoms with Crippen molar-refractivity contribution in [1.82, 2.24) is 14.8 Å². The molecule has 0 aliphatic carbocycles. The number of carbonyl (C=O) groups is 1. The van der Waals surface area contributed by atoms with E-state index < -0.39 is 11.9 Å². The molecule has 0 saturated heterocycles. The van der Waals surface area contributed by atoms with Crippen LogP contribution in [0.4, 0.5) is 5.95 Å². The van der Waals surface area contributed by atoms with E-state index in [2.05, 4.69) is 15.4 Å². The summed E-state index contributed by atoms with van der Waals surface area (Å²) in [6.07, 6.45) is 0. The lowest BCUT2D eigenvalue weighted by atomic mass is 9.94. The van der Waals surface area contributed by atoms with Crippen LogP contribution >= 0.6 is 0 Å². The van der Waals surface area contributed by atoms with Gasteiger partial charge in [-0.15, -0.1) is 5.10 Å². The number of allylic oxidation sites excluding steroid dienone is 1. The third-order valence-corrected chi connectivity index (χ3v) is 5.27. The molecule has 1 aliphatic heterocycles. The van der Waals surface area contributed by atoms with Crippen LogP contribution in [0.2, 0.25) is 0 Å². The molecule has 1 aliphatic rings. The van der Waals surface area contributed by atoms with E-state index in [9.17, 15) is 9.90 Å². The predicted octanol–water partition coefficient (Wildman–Crippen LogP) is 2.45. The molecule has 4 N–H and O–H groups in total. The molecule has 1 atom stereocenters. The van der Waals surface area contributed by atoms with E-state index in [1.165, 1.54) is 21.3 Å². The molecule has 4 rings (SSSR count). The summed E-state index contributed by atoms with van der Waals surface area (Å²) >= 11 is 0. The van der Waals surface area contributed by atoms with Crippen LogP contribution in [0, 0.1) is 0 Å². The monoisotopic (exact) mass is 437 g/mol. The third kappa shape index (κ3) is 3.45. The summed E-state index contributed by atoms with van der Waals surface area (Å²) < 4.78 is 18.0. The molecule has 1 unspecified atom stereocenters. The van der Waals surface area contributed by atoms with Crippen LogP contribution in [-0.4, -0.2) is 47.1 Å². The Kier molecular flexibility index (Phi) is 5.35. The highest BCUT2D eigenvalue weighted by atomic mass is 16.5. The van der Waals surface area contributed by atoms with Crippen molar-refractivity contribution in [2.24, 2.45) is 5.73 Å². The number of phenolic OH excluding ortho intramolecular Hbond substituents is 1. The van der Waals surface area contributed by atoms with Gasteiger partial charge in [0.2, 0.25) is 11.9 Å². The van der Waals surface area contributed by atoms with Crippen LogP contribution in [0.3, 0.4) is 0 Å². The number of methoxy groups -OCH3 is 3. The highest BCUT2D eigenvalue weighted by molar-refractivity contribution is 5.95. The molecule has 10 nitrogen and oxygen atoms in total. The first-order chi connectivity index (χ1) is 15.4. The lowest BCUT2D eigenvalue weighted by molar-refractivity contribution is -0.115. The molecule has 2 aromatic carbocycles. The number of rotatable bonds is 6. The van der Waals surface area contributed by atoms with Gasteiger partial charge in [0.25, 0.3) is 0 Å². The number of benzene rings is 2. The maximum Gasteiger partial charge on any atom is 0.248 e. The Bertz CT molecular complexity index is 1220. The predicted molar refractivity (Wildman–Crippen MR) is 117 cm³/mol. The number of hydrogen-bond donors (Lipinski definition) is 3. The van der Waals surface area contributed by atoms with Crippen molar-refractivity contribution in [2.45, 2.75) is 13.0 Å². The molecule has 2 heterocycles. The van der Waals surface area contributed by atoms with Gasteiger partial charge in [0.05, 0.1) is 26.9 Å². The van der Waals surface area contributed by atoms with Gasteiger partial charge in [0, 0.05) is 22.9 Å². The van der Waals surface area contributed by atoms with E-state index in [1.54, 1.807) is 48.0 Å². The molecule has 166 valence electrons. The fourth-order valence-electron chi connectivity index (χ4n) is 3.76. The van der Waals surface area contributed by atoms with E-state index in [1.807, 2.05) is 0 Å². The summed E-state index contributed by atoms with van der Waals surface area (Å²) in [5, 5.41) is 17.3. The van der Waals surface area contributed by atoms with Crippen molar-refractivity contribution < 1.29 is 24.1 Å². The minimum absolute atomic E-state index is 0.136. The normalized spacial score (nSPS) is 15.1. The fraction of sp³-hybridized carbons (Fsp3) is 0.227. The second-order valence-electron chi connectivity index (χ2n) is 7.13. The number of fused-ring (bicyclic) bond motifs is 1. The largest absolute Gasteiger partial charge is 0.508 e. The molecule has 0 radical (unpaired) electrons. The number of carbonyl (C=O) groups excluding carboxylic acids is 1. The van der Waals surface area contributed by atoms with Gasteiger partial charge in [-0.25, -0.2) is 4.68 Å². The van der Waals surface area contributed by atoms with Crippen molar-refractivity contribution in [3.8, 4) is 34.4 Å². The summed E-state index contributed by atoms with van der Waals surface area (Å²) in [6.45, 7) is 1.75. The van der Waals surface area contributed by atoms with Crippen molar-refractivity contribution in [1.29, 1.82) is 0 Å². The van der Waals surface area contributed by atoms with Crippen molar-refractivity contribution in [3.05, 3.63) is 53.2 Å². The minimum atomic E-state index is -0.725. The Morgan fingerprint density at radius 3 is 2.28 bits per heavy atom. The van der Waals surface area contributed by atoms with Gasteiger partial charge < -0.3 is 30.4 Å². The number of aromatic hydroxyl groups is 1. The first-order valence-electron chi connectivity index (χ1n) is 9.71. The lowest BCUT2D eigenvalue weighted by Crippen LogP contribution is -2.32. The number of phenols is 1. The topological polar surface area (TPSA) is 134 Å². The SMILES string of the molecule is COc1cc(OC)c(C2C(C(N)=O)=C(C)Nc3nc(-c4ccc(O)cc4)nn32)cc1OC. The molecule has 0 fully saturated rings. The number of aromatic nitrogens is 3. The van der Waals surface area contributed by atoms with Crippen LogP contribution in [-0.2, 0) is 4.79 Å². The summed E-state index contributed by atoms with van der Waals surface area (Å²) in [6, 6.07) is 9.20. The number of nitrogens with one attached hydrogen (secondary N) is 1. The average molecular weight is 437 g/mol. The molecular formula is C22H23N5O5. The molecular weight excluding hydrogens is 414 g/mol. The smallest absolute Gasteiger partial charge is 0.248 e. The second kappa shape index (κ2) is 8.14. The second-order valence-corrected chi connectivity index (χ2v) is 7.13. The number of nitrogens with two attached hydrogens (primary N) is 1. The quantitative estimate of drug-likeness (QED) is 0.535. The maximum atomic E-state index is 12.5. The molecule has 0 saturated carbocycles.